The van der Waals surface area contributed by atoms with E-state index in [4.69, 9.17) is 11.6 Å². The lowest BCUT2D eigenvalue weighted by atomic mass is 9.95. The van der Waals surface area contributed by atoms with Crippen molar-refractivity contribution in [2.24, 2.45) is 0 Å². The zero-order valence-electron chi connectivity index (χ0n) is 15.5. The summed E-state index contributed by atoms with van der Waals surface area (Å²) in [6.07, 6.45) is 0. The SMILES string of the molecule is CNC(C(=O)NC1C(=O)N2C1SC(C)(C)C2c1nnn[nH]1)c1ccc(Cl)cc1. The van der Waals surface area contributed by atoms with Gasteiger partial charge in [-0.1, -0.05) is 23.7 Å². The Morgan fingerprint density at radius 1 is 1.36 bits per heavy atom. The Morgan fingerprint density at radius 2 is 2.07 bits per heavy atom. The first-order chi connectivity index (χ1) is 13.3. The number of H-pyrrole nitrogens is 1. The van der Waals surface area contributed by atoms with Gasteiger partial charge in [-0.2, -0.15) is 0 Å². The van der Waals surface area contributed by atoms with Crippen LogP contribution in [0.25, 0.3) is 0 Å². The van der Waals surface area contributed by atoms with E-state index in [9.17, 15) is 9.59 Å². The highest BCUT2D eigenvalue weighted by atomic mass is 35.5. The van der Waals surface area contributed by atoms with Crippen molar-refractivity contribution in [2.75, 3.05) is 7.05 Å². The number of fused-ring (bicyclic) bond motifs is 1. The van der Waals surface area contributed by atoms with E-state index in [1.807, 2.05) is 13.8 Å². The standard InChI is InChI=1S/C17H20ClN7O2S/c1-17(2)12(13-21-23-24-22-13)25-15(27)11(16(25)28-17)20-14(26)10(19-3)8-4-6-9(18)7-5-8/h4-7,10-12,16,19H,1-3H3,(H,20,26)(H,21,22,23,24). The summed E-state index contributed by atoms with van der Waals surface area (Å²) < 4.78 is -0.292. The fraction of sp³-hybridized carbons (Fsp3) is 0.471. The van der Waals surface area contributed by atoms with Gasteiger partial charge in [0, 0.05) is 9.77 Å². The van der Waals surface area contributed by atoms with Gasteiger partial charge in [0.05, 0.1) is 0 Å². The van der Waals surface area contributed by atoms with E-state index in [0.717, 1.165) is 5.56 Å². The molecule has 0 spiro atoms. The Bertz CT molecular complexity index is 889. The largest absolute Gasteiger partial charge is 0.340 e. The summed E-state index contributed by atoms with van der Waals surface area (Å²) in [5.74, 6) is 0.155. The molecule has 2 aromatic rings. The average Bonchev–Trinajstić information content (AvgIpc) is 3.26. The van der Waals surface area contributed by atoms with Crippen LogP contribution in [0.3, 0.4) is 0 Å². The molecule has 2 amide bonds. The van der Waals surface area contributed by atoms with E-state index >= 15 is 0 Å². The highest BCUT2D eigenvalue weighted by molar-refractivity contribution is 8.01. The minimum Gasteiger partial charge on any atom is -0.340 e. The number of thioether (sulfide) groups is 1. The van der Waals surface area contributed by atoms with Gasteiger partial charge in [-0.05, 0) is 49.0 Å². The fourth-order valence-electron chi connectivity index (χ4n) is 3.81. The zero-order chi connectivity index (χ0) is 20.1. The Morgan fingerprint density at radius 3 is 2.68 bits per heavy atom. The number of hydrogen-bond donors (Lipinski definition) is 3. The summed E-state index contributed by atoms with van der Waals surface area (Å²) in [4.78, 5) is 27.4. The molecule has 3 heterocycles. The van der Waals surface area contributed by atoms with Gasteiger partial charge >= 0.3 is 0 Å². The summed E-state index contributed by atoms with van der Waals surface area (Å²) >= 11 is 7.56. The fourth-order valence-corrected chi connectivity index (χ4v) is 5.58. The number of amides is 2. The van der Waals surface area contributed by atoms with Crippen LogP contribution in [0.5, 0.6) is 0 Å². The van der Waals surface area contributed by atoms with E-state index in [-0.39, 0.29) is 28.0 Å². The maximum Gasteiger partial charge on any atom is 0.249 e. The Kier molecular flexibility index (Phi) is 4.80. The number of nitrogens with one attached hydrogen (secondary N) is 3. The summed E-state index contributed by atoms with van der Waals surface area (Å²) in [7, 11) is 1.70. The number of aromatic amines is 1. The molecule has 28 heavy (non-hydrogen) atoms. The number of benzene rings is 1. The summed E-state index contributed by atoms with van der Waals surface area (Å²) in [5, 5.41) is 20.3. The minimum atomic E-state index is -0.583. The van der Waals surface area contributed by atoms with Crippen molar-refractivity contribution in [1.29, 1.82) is 0 Å². The summed E-state index contributed by atoms with van der Waals surface area (Å²) in [5.41, 5.74) is 0.776. The van der Waals surface area contributed by atoms with Crippen LogP contribution in [-0.4, -0.2) is 60.5 Å². The first kappa shape index (κ1) is 19.2. The van der Waals surface area contributed by atoms with E-state index in [0.29, 0.717) is 10.8 Å². The van der Waals surface area contributed by atoms with Crippen molar-refractivity contribution in [2.45, 2.75) is 42.1 Å². The molecule has 2 fully saturated rings. The van der Waals surface area contributed by atoms with Crippen molar-refractivity contribution in [3.05, 3.63) is 40.7 Å². The normalized spacial score (nSPS) is 26.5. The molecule has 0 radical (unpaired) electrons. The number of carbonyl (C=O) groups is 2. The van der Waals surface area contributed by atoms with Gasteiger partial charge in [0.2, 0.25) is 11.8 Å². The zero-order valence-corrected chi connectivity index (χ0v) is 17.1. The molecule has 1 aromatic carbocycles. The van der Waals surface area contributed by atoms with Crippen LogP contribution in [0.4, 0.5) is 0 Å². The molecule has 9 nitrogen and oxygen atoms in total. The number of carbonyl (C=O) groups excluding carboxylic acids is 2. The maximum absolute atomic E-state index is 12.8. The molecule has 11 heteroatoms. The smallest absolute Gasteiger partial charge is 0.249 e. The average molecular weight is 422 g/mol. The number of aromatic nitrogens is 4. The molecule has 0 saturated carbocycles. The third kappa shape index (κ3) is 3.05. The molecule has 2 aliphatic rings. The summed E-state index contributed by atoms with van der Waals surface area (Å²) in [6.45, 7) is 4.08. The van der Waals surface area contributed by atoms with Gasteiger partial charge in [0.25, 0.3) is 0 Å². The monoisotopic (exact) mass is 421 g/mol. The van der Waals surface area contributed by atoms with Gasteiger partial charge in [0.1, 0.15) is 23.5 Å². The van der Waals surface area contributed by atoms with E-state index in [2.05, 4.69) is 31.3 Å². The van der Waals surface area contributed by atoms with Crippen molar-refractivity contribution in [1.82, 2.24) is 36.2 Å². The lowest BCUT2D eigenvalue weighted by Gasteiger charge is -2.44. The van der Waals surface area contributed by atoms with E-state index in [1.165, 1.54) is 0 Å². The first-order valence-electron chi connectivity index (χ1n) is 8.80. The predicted octanol–water partition coefficient (Wildman–Crippen LogP) is 1.03. The highest BCUT2D eigenvalue weighted by Gasteiger charge is 2.63. The first-order valence-corrected chi connectivity index (χ1v) is 10.1. The van der Waals surface area contributed by atoms with Crippen LogP contribution in [-0.2, 0) is 9.59 Å². The molecule has 2 aliphatic heterocycles. The van der Waals surface area contributed by atoms with Crippen LogP contribution in [0.1, 0.15) is 37.3 Å². The Labute approximate surface area is 171 Å². The van der Waals surface area contributed by atoms with Crippen LogP contribution in [0.2, 0.25) is 5.02 Å². The van der Waals surface area contributed by atoms with Crippen LogP contribution in [0, 0.1) is 0 Å². The third-order valence-corrected chi connectivity index (χ3v) is 6.94. The van der Waals surface area contributed by atoms with Crippen molar-refractivity contribution in [3.8, 4) is 0 Å². The van der Waals surface area contributed by atoms with Crippen LogP contribution < -0.4 is 10.6 Å². The molecule has 4 atom stereocenters. The highest BCUT2D eigenvalue weighted by Crippen LogP contribution is 2.56. The third-order valence-electron chi connectivity index (χ3n) is 5.11. The van der Waals surface area contributed by atoms with Crippen molar-refractivity contribution < 1.29 is 9.59 Å². The van der Waals surface area contributed by atoms with Gasteiger partial charge in [-0.15, -0.1) is 16.9 Å². The number of rotatable bonds is 5. The van der Waals surface area contributed by atoms with Crippen molar-refractivity contribution in [3.63, 3.8) is 0 Å². The molecule has 0 bridgehead atoms. The summed E-state index contributed by atoms with van der Waals surface area (Å²) in [6, 6.07) is 5.62. The molecular formula is C17H20ClN7O2S. The molecule has 0 aliphatic carbocycles. The van der Waals surface area contributed by atoms with Gasteiger partial charge in [-0.25, -0.2) is 5.10 Å². The number of tetrazole rings is 1. The quantitative estimate of drug-likeness (QED) is 0.617. The number of likely N-dealkylation sites (N-methyl/N-ethyl adjacent to an activating group) is 1. The van der Waals surface area contributed by atoms with Gasteiger partial charge < -0.3 is 15.5 Å². The number of hydrogen-bond acceptors (Lipinski definition) is 7. The lowest BCUT2D eigenvalue weighted by Crippen LogP contribution is -2.68. The second kappa shape index (κ2) is 7.02. The van der Waals surface area contributed by atoms with Gasteiger partial charge in [0.15, 0.2) is 5.82 Å². The van der Waals surface area contributed by atoms with E-state index in [1.54, 1.807) is 48.0 Å². The molecular weight excluding hydrogens is 402 g/mol. The number of β-lactam (4-membered cyclic amide) rings is 1. The van der Waals surface area contributed by atoms with Crippen LogP contribution in [0.15, 0.2) is 24.3 Å². The van der Waals surface area contributed by atoms with E-state index < -0.39 is 12.1 Å². The molecule has 148 valence electrons. The molecule has 2 saturated heterocycles. The Balaban J connectivity index is 1.50. The predicted molar refractivity (Wildman–Crippen MR) is 104 cm³/mol. The molecule has 1 aromatic heterocycles. The topological polar surface area (TPSA) is 116 Å². The van der Waals surface area contributed by atoms with Crippen LogP contribution >= 0.6 is 23.4 Å². The molecule has 4 rings (SSSR count). The molecule has 4 unspecified atom stereocenters. The molecule has 3 N–H and O–H groups in total. The number of halogens is 1. The van der Waals surface area contributed by atoms with Gasteiger partial charge in [-0.3, -0.25) is 9.59 Å². The maximum atomic E-state index is 12.8. The minimum absolute atomic E-state index is 0.135. The second-order valence-corrected chi connectivity index (χ2v) is 9.51. The number of nitrogens with zero attached hydrogens (tertiary/aromatic N) is 4. The lowest BCUT2D eigenvalue weighted by molar-refractivity contribution is -0.152. The Hall–Kier alpha value is -2.17. The van der Waals surface area contributed by atoms with Crippen molar-refractivity contribution >= 4 is 35.2 Å². The second-order valence-electron chi connectivity index (χ2n) is 7.31.